The van der Waals surface area contributed by atoms with Crippen LogP contribution in [-0.4, -0.2) is 30.5 Å². The molecule has 1 aliphatic rings. The standard InChI is InChI=1S/C7H9NO4S/c1-2-13(11,12)5-3-7(5,4-8)6(9)10/h5H,2-3H2,1H3,(H,9,10). The van der Waals surface area contributed by atoms with E-state index in [1.165, 1.54) is 6.92 Å². The number of carboxylic acids is 1. The highest BCUT2D eigenvalue weighted by Gasteiger charge is 2.67. The van der Waals surface area contributed by atoms with Crippen molar-refractivity contribution in [3.05, 3.63) is 0 Å². The number of carbonyl (C=O) groups is 1. The van der Waals surface area contributed by atoms with Gasteiger partial charge in [-0.25, -0.2) is 8.42 Å². The summed E-state index contributed by atoms with van der Waals surface area (Å²) in [4.78, 5) is 10.6. The number of sulfone groups is 1. The van der Waals surface area contributed by atoms with Gasteiger partial charge in [-0.15, -0.1) is 0 Å². The molecule has 72 valence electrons. The summed E-state index contributed by atoms with van der Waals surface area (Å²) in [6, 6.07) is 1.56. The summed E-state index contributed by atoms with van der Waals surface area (Å²) in [6.07, 6.45) is -0.0744. The number of nitrogens with zero attached hydrogens (tertiary/aromatic N) is 1. The third-order valence-electron chi connectivity index (χ3n) is 2.31. The fourth-order valence-corrected chi connectivity index (χ4v) is 2.94. The lowest BCUT2D eigenvalue weighted by atomic mass is 10.1. The van der Waals surface area contributed by atoms with E-state index in [1.807, 2.05) is 0 Å². The van der Waals surface area contributed by atoms with Crippen LogP contribution in [0.25, 0.3) is 0 Å². The average molecular weight is 203 g/mol. The molecule has 0 aromatic carbocycles. The topological polar surface area (TPSA) is 95.2 Å². The molecule has 0 amide bonds. The van der Waals surface area contributed by atoms with E-state index in [0.29, 0.717) is 0 Å². The second-order valence-corrected chi connectivity index (χ2v) is 5.50. The fraction of sp³-hybridized carbons (Fsp3) is 0.714. The fourth-order valence-electron chi connectivity index (χ4n) is 1.26. The van der Waals surface area contributed by atoms with E-state index < -0.39 is 26.5 Å². The van der Waals surface area contributed by atoms with Crippen LogP contribution < -0.4 is 0 Å². The molecule has 0 aliphatic heterocycles. The molecule has 0 radical (unpaired) electrons. The SMILES string of the molecule is CCS(=O)(=O)C1CC1(C#N)C(=O)O. The molecule has 1 fully saturated rings. The Balaban J connectivity index is 2.97. The van der Waals surface area contributed by atoms with Crippen molar-refractivity contribution in [1.82, 2.24) is 0 Å². The van der Waals surface area contributed by atoms with E-state index in [-0.39, 0.29) is 12.2 Å². The largest absolute Gasteiger partial charge is 0.480 e. The predicted octanol–water partition coefficient (Wildman–Crippen LogP) is -0.212. The molecular weight excluding hydrogens is 194 g/mol. The molecule has 2 atom stereocenters. The first-order valence-electron chi connectivity index (χ1n) is 3.77. The van der Waals surface area contributed by atoms with Gasteiger partial charge < -0.3 is 5.11 Å². The van der Waals surface area contributed by atoms with E-state index in [9.17, 15) is 13.2 Å². The molecule has 1 aliphatic carbocycles. The average Bonchev–Trinajstić information content (AvgIpc) is 2.80. The number of hydrogen-bond acceptors (Lipinski definition) is 4. The summed E-state index contributed by atoms with van der Waals surface area (Å²) < 4.78 is 22.5. The Bertz CT molecular complexity index is 380. The van der Waals surface area contributed by atoms with E-state index >= 15 is 0 Å². The first-order chi connectivity index (χ1) is 5.90. The van der Waals surface area contributed by atoms with Crippen LogP contribution in [-0.2, 0) is 14.6 Å². The van der Waals surface area contributed by atoms with Crippen LogP contribution in [0.2, 0.25) is 0 Å². The molecule has 0 aromatic rings. The number of carboxylic acid groups (broad SMARTS) is 1. The molecule has 5 nitrogen and oxygen atoms in total. The van der Waals surface area contributed by atoms with Gasteiger partial charge >= 0.3 is 5.97 Å². The second-order valence-electron chi connectivity index (χ2n) is 3.03. The maximum atomic E-state index is 11.2. The molecule has 0 heterocycles. The van der Waals surface area contributed by atoms with E-state index in [1.54, 1.807) is 6.07 Å². The van der Waals surface area contributed by atoms with Crippen molar-refractivity contribution in [2.24, 2.45) is 5.41 Å². The number of aliphatic carboxylic acids is 1. The Morgan fingerprint density at radius 3 is 2.54 bits per heavy atom. The molecule has 0 saturated heterocycles. The molecular formula is C7H9NO4S. The highest BCUT2D eigenvalue weighted by Crippen LogP contribution is 2.50. The molecule has 1 rings (SSSR count). The zero-order chi connectivity index (χ0) is 10.3. The van der Waals surface area contributed by atoms with Gasteiger partial charge in [0.05, 0.1) is 11.3 Å². The summed E-state index contributed by atoms with van der Waals surface area (Å²) in [5, 5.41) is 16.2. The van der Waals surface area contributed by atoms with Crippen LogP contribution in [0.15, 0.2) is 0 Å². The summed E-state index contributed by atoms with van der Waals surface area (Å²) in [7, 11) is -3.39. The van der Waals surface area contributed by atoms with Gasteiger partial charge in [0.1, 0.15) is 0 Å². The quantitative estimate of drug-likeness (QED) is 0.684. The smallest absolute Gasteiger partial charge is 0.325 e. The minimum absolute atomic E-state index is 0.0744. The Morgan fingerprint density at radius 1 is 1.77 bits per heavy atom. The highest BCUT2D eigenvalue weighted by atomic mass is 32.2. The van der Waals surface area contributed by atoms with Crippen molar-refractivity contribution in [3.63, 3.8) is 0 Å². The molecule has 1 N–H and O–H groups in total. The third kappa shape index (κ3) is 1.29. The number of hydrogen-bond donors (Lipinski definition) is 1. The lowest BCUT2D eigenvalue weighted by molar-refractivity contribution is -0.141. The molecule has 0 bridgehead atoms. The predicted molar refractivity (Wildman–Crippen MR) is 43.5 cm³/mol. The van der Waals surface area contributed by atoms with Gasteiger partial charge in [0.25, 0.3) is 0 Å². The summed E-state index contributed by atoms with van der Waals surface area (Å²) in [5.41, 5.74) is -1.67. The second kappa shape index (κ2) is 2.70. The zero-order valence-electron chi connectivity index (χ0n) is 7.02. The van der Waals surface area contributed by atoms with E-state index in [0.717, 1.165) is 0 Å². The van der Waals surface area contributed by atoms with Gasteiger partial charge in [-0.3, -0.25) is 4.79 Å². The van der Waals surface area contributed by atoms with Crippen LogP contribution >= 0.6 is 0 Å². The third-order valence-corrected chi connectivity index (χ3v) is 4.55. The first-order valence-corrected chi connectivity index (χ1v) is 5.48. The Kier molecular flexibility index (Phi) is 2.08. The van der Waals surface area contributed by atoms with Gasteiger partial charge in [0, 0.05) is 5.75 Å². The Morgan fingerprint density at radius 2 is 2.31 bits per heavy atom. The molecule has 2 unspecified atom stereocenters. The van der Waals surface area contributed by atoms with Crippen LogP contribution in [0.4, 0.5) is 0 Å². The lowest BCUT2D eigenvalue weighted by Crippen LogP contribution is -2.23. The summed E-state index contributed by atoms with van der Waals surface area (Å²) in [6.45, 7) is 1.44. The minimum atomic E-state index is -3.39. The van der Waals surface area contributed by atoms with Gasteiger partial charge in [0.15, 0.2) is 15.3 Å². The maximum absolute atomic E-state index is 11.2. The van der Waals surface area contributed by atoms with Crippen LogP contribution in [0.3, 0.4) is 0 Å². The number of rotatable bonds is 3. The van der Waals surface area contributed by atoms with Crippen LogP contribution in [0, 0.1) is 16.7 Å². The molecule has 6 heteroatoms. The molecule has 1 saturated carbocycles. The van der Waals surface area contributed by atoms with Gasteiger partial charge in [0.2, 0.25) is 0 Å². The Hall–Kier alpha value is -1.09. The van der Waals surface area contributed by atoms with Crippen molar-refractivity contribution < 1.29 is 18.3 Å². The van der Waals surface area contributed by atoms with Gasteiger partial charge in [-0.2, -0.15) is 5.26 Å². The van der Waals surface area contributed by atoms with E-state index in [4.69, 9.17) is 10.4 Å². The van der Waals surface area contributed by atoms with Gasteiger partial charge in [-0.1, -0.05) is 6.92 Å². The monoisotopic (exact) mass is 203 g/mol. The zero-order valence-corrected chi connectivity index (χ0v) is 7.84. The summed E-state index contributed by atoms with van der Waals surface area (Å²) in [5.74, 6) is -1.45. The molecule has 0 aromatic heterocycles. The van der Waals surface area contributed by atoms with E-state index in [2.05, 4.69) is 0 Å². The normalized spacial score (nSPS) is 32.2. The van der Waals surface area contributed by atoms with Crippen molar-refractivity contribution in [2.45, 2.75) is 18.6 Å². The maximum Gasteiger partial charge on any atom is 0.325 e. The molecule has 0 spiro atoms. The molecule has 13 heavy (non-hydrogen) atoms. The Labute approximate surface area is 75.9 Å². The van der Waals surface area contributed by atoms with Crippen LogP contribution in [0.5, 0.6) is 0 Å². The van der Waals surface area contributed by atoms with Gasteiger partial charge in [-0.05, 0) is 6.42 Å². The van der Waals surface area contributed by atoms with Crippen LogP contribution in [0.1, 0.15) is 13.3 Å². The van der Waals surface area contributed by atoms with Crippen molar-refractivity contribution in [1.29, 1.82) is 5.26 Å². The van der Waals surface area contributed by atoms with Crippen molar-refractivity contribution in [3.8, 4) is 6.07 Å². The van der Waals surface area contributed by atoms with Crippen molar-refractivity contribution in [2.75, 3.05) is 5.75 Å². The number of nitriles is 1. The van der Waals surface area contributed by atoms with Crippen molar-refractivity contribution >= 4 is 15.8 Å². The first kappa shape index (κ1) is 9.99. The summed E-state index contributed by atoms with van der Waals surface area (Å²) >= 11 is 0. The minimum Gasteiger partial charge on any atom is -0.480 e. The highest BCUT2D eigenvalue weighted by molar-refractivity contribution is 7.92. The lowest BCUT2D eigenvalue weighted by Gasteiger charge is -2.01.